The zero-order chi connectivity index (χ0) is 12.3. The van der Waals surface area contributed by atoms with E-state index in [1.807, 2.05) is 0 Å². The third-order valence-electron chi connectivity index (χ3n) is 3.25. The van der Waals surface area contributed by atoms with Crippen molar-refractivity contribution >= 4 is 0 Å². The molecule has 1 N–H and O–H groups in total. The van der Waals surface area contributed by atoms with Crippen LogP contribution in [0.2, 0.25) is 0 Å². The predicted octanol–water partition coefficient (Wildman–Crippen LogP) is 1.99. The highest BCUT2D eigenvalue weighted by molar-refractivity contribution is 5.46. The molecule has 0 bridgehead atoms. The van der Waals surface area contributed by atoms with Gasteiger partial charge in [-0.25, -0.2) is 4.39 Å². The van der Waals surface area contributed by atoms with Crippen LogP contribution < -0.4 is 14.8 Å². The van der Waals surface area contributed by atoms with Crippen molar-refractivity contribution in [1.82, 2.24) is 5.32 Å². The fourth-order valence-electron chi connectivity index (χ4n) is 2.36. The normalized spacial score (nSPS) is 19.4. The van der Waals surface area contributed by atoms with E-state index in [-0.39, 0.29) is 5.82 Å². The zero-order valence-electron chi connectivity index (χ0n) is 10.3. The summed E-state index contributed by atoms with van der Waals surface area (Å²) in [5, 5.41) is 3.31. The lowest BCUT2D eigenvalue weighted by atomic mass is 9.97. The summed E-state index contributed by atoms with van der Waals surface area (Å²) in [4.78, 5) is 0. The van der Waals surface area contributed by atoms with E-state index in [2.05, 4.69) is 5.32 Å². The maximum absolute atomic E-state index is 13.6. The summed E-state index contributed by atoms with van der Waals surface area (Å²) in [6, 6.07) is 3.05. The number of methoxy groups -OCH3 is 2. The smallest absolute Gasteiger partial charge is 0.165 e. The van der Waals surface area contributed by atoms with Gasteiger partial charge in [0, 0.05) is 5.56 Å². The summed E-state index contributed by atoms with van der Waals surface area (Å²) in [7, 11) is 3.09. The summed E-state index contributed by atoms with van der Waals surface area (Å²) in [5.41, 5.74) is 0.837. The van der Waals surface area contributed by atoms with Crippen LogP contribution in [0.4, 0.5) is 4.39 Å². The van der Waals surface area contributed by atoms with Crippen molar-refractivity contribution in [3.05, 3.63) is 23.5 Å². The molecule has 3 nitrogen and oxygen atoms in total. The number of rotatable bonds is 4. The van der Waals surface area contributed by atoms with Crippen LogP contribution in [-0.4, -0.2) is 27.3 Å². The highest BCUT2D eigenvalue weighted by Gasteiger charge is 2.21. The van der Waals surface area contributed by atoms with Gasteiger partial charge in [0.15, 0.2) is 11.6 Å². The number of halogens is 1. The van der Waals surface area contributed by atoms with Crippen molar-refractivity contribution < 1.29 is 13.9 Å². The monoisotopic (exact) mass is 239 g/mol. The Bertz CT molecular complexity index is 389. The number of nitrogens with one attached hydrogen (secondary N) is 1. The molecule has 1 saturated heterocycles. The van der Waals surface area contributed by atoms with Crippen molar-refractivity contribution in [3.8, 4) is 11.5 Å². The number of hydrogen-bond donors (Lipinski definition) is 1. The van der Waals surface area contributed by atoms with E-state index in [1.54, 1.807) is 13.2 Å². The maximum atomic E-state index is 13.6. The van der Waals surface area contributed by atoms with Crippen LogP contribution in [0.5, 0.6) is 11.5 Å². The average molecular weight is 239 g/mol. The van der Waals surface area contributed by atoms with Gasteiger partial charge in [-0.05, 0) is 44.0 Å². The molecule has 1 aliphatic heterocycles. The Labute approximate surface area is 101 Å². The quantitative estimate of drug-likeness (QED) is 0.871. The first kappa shape index (κ1) is 12.2. The second-order valence-electron chi connectivity index (χ2n) is 4.32. The highest BCUT2D eigenvalue weighted by atomic mass is 19.1. The van der Waals surface area contributed by atoms with Crippen molar-refractivity contribution in [2.24, 2.45) is 5.92 Å². The SMILES string of the molecule is COc1ccc(F)c(OC)c1CC1CCNC1. The van der Waals surface area contributed by atoms with Gasteiger partial charge in [-0.1, -0.05) is 0 Å². The summed E-state index contributed by atoms with van der Waals surface area (Å²) in [6.07, 6.45) is 1.90. The molecule has 4 heteroatoms. The fraction of sp³-hybridized carbons (Fsp3) is 0.538. The second-order valence-corrected chi connectivity index (χ2v) is 4.32. The first-order valence-corrected chi connectivity index (χ1v) is 5.86. The minimum atomic E-state index is -0.325. The molecule has 94 valence electrons. The lowest BCUT2D eigenvalue weighted by molar-refractivity contribution is 0.360. The Morgan fingerprint density at radius 3 is 2.76 bits per heavy atom. The molecule has 1 aliphatic rings. The largest absolute Gasteiger partial charge is 0.496 e. The van der Waals surface area contributed by atoms with Gasteiger partial charge in [0.05, 0.1) is 14.2 Å². The van der Waals surface area contributed by atoms with Gasteiger partial charge in [0.1, 0.15) is 5.75 Å². The van der Waals surface area contributed by atoms with E-state index in [4.69, 9.17) is 9.47 Å². The summed E-state index contributed by atoms with van der Waals surface area (Å²) >= 11 is 0. The van der Waals surface area contributed by atoms with Crippen molar-refractivity contribution in [3.63, 3.8) is 0 Å². The van der Waals surface area contributed by atoms with Crippen LogP contribution in [0.15, 0.2) is 12.1 Å². The molecule has 0 radical (unpaired) electrons. The van der Waals surface area contributed by atoms with Crippen LogP contribution in [-0.2, 0) is 6.42 Å². The van der Waals surface area contributed by atoms with Gasteiger partial charge in [0.2, 0.25) is 0 Å². The van der Waals surface area contributed by atoms with E-state index < -0.39 is 0 Å². The number of ether oxygens (including phenoxy) is 2. The van der Waals surface area contributed by atoms with E-state index in [9.17, 15) is 4.39 Å². The Hall–Kier alpha value is -1.29. The van der Waals surface area contributed by atoms with Crippen LogP contribution in [0.25, 0.3) is 0 Å². The van der Waals surface area contributed by atoms with Crippen molar-refractivity contribution in [1.29, 1.82) is 0 Å². The van der Waals surface area contributed by atoms with Crippen LogP contribution in [0.1, 0.15) is 12.0 Å². The lowest BCUT2D eigenvalue weighted by Gasteiger charge is -2.16. The molecular formula is C13H18FNO2. The zero-order valence-corrected chi connectivity index (χ0v) is 10.3. The Balaban J connectivity index is 2.30. The van der Waals surface area contributed by atoms with E-state index in [1.165, 1.54) is 13.2 Å². The maximum Gasteiger partial charge on any atom is 0.165 e. The molecule has 0 saturated carbocycles. The Morgan fingerprint density at radius 1 is 1.35 bits per heavy atom. The molecule has 0 spiro atoms. The molecule has 0 aromatic heterocycles. The molecule has 0 amide bonds. The summed E-state index contributed by atoms with van der Waals surface area (Å²) in [6.45, 7) is 2.01. The van der Waals surface area contributed by atoms with Crippen LogP contribution in [0.3, 0.4) is 0 Å². The highest BCUT2D eigenvalue weighted by Crippen LogP contribution is 2.34. The summed E-state index contributed by atoms with van der Waals surface area (Å²) in [5.74, 6) is 1.22. The number of hydrogen-bond acceptors (Lipinski definition) is 3. The Kier molecular flexibility index (Phi) is 3.84. The third kappa shape index (κ3) is 2.52. The number of benzene rings is 1. The molecular weight excluding hydrogens is 221 g/mol. The minimum Gasteiger partial charge on any atom is -0.496 e. The first-order chi connectivity index (χ1) is 8.26. The van der Waals surface area contributed by atoms with Gasteiger partial charge in [-0.2, -0.15) is 0 Å². The summed E-state index contributed by atoms with van der Waals surface area (Å²) < 4.78 is 24.1. The predicted molar refractivity (Wildman–Crippen MR) is 64.2 cm³/mol. The van der Waals surface area contributed by atoms with Gasteiger partial charge >= 0.3 is 0 Å². The van der Waals surface area contributed by atoms with Gasteiger partial charge in [-0.3, -0.25) is 0 Å². The van der Waals surface area contributed by atoms with Crippen LogP contribution in [0, 0.1) is 11.7 Å². The second kappa shape index (κ2) is 5.36. The van der Waals surface area contributed by atoms with Crippen LogP contribution >= 0.6 is 0 Å². The van der Waals surface area contributed by atoms with E-state index in [0.29, 0.717) is 17.4 Å². The molecule has 17 heavy (non-hydrogen) atoms. The molecule has 0 aliphatic carbocycles. The van der Waals surface area contributed by atoms with Gasteiger partial charge in [-0.15, -0.1) is 0 Å². The van der Waals surface area contributed by atoms with E-state index >= 15 is 0 Å². The first-order valence-electron chi connectivity index (χ1n) is 5.86. The molecule has 1 unspecified atom stereocenters. The minimum absolute atomic E-state index is 0.316. The molecule has 1 aromatic rings. The van der Waals surface area contributed by atoms with Crippen molar-refractivity contribution in [2.45, 2.75) is 12.8 Å². The molecule has 1 fully saturated rings. The average Bonchev–Trinajstić information content (AvgIpc) is 2.83. The Morgan fingerprint density at radius 2 is 2.18 bits per heavy atom. The standard InChI is InChI=1S/C13H18FNO2/c1-16-12-4-3-11(14)13(17-2)10(12)7-9-5-6-15-8-9/h3-4,9,15H,5-8H2,1-2H3. The topological polar surface area (TPSA) is 30.5 Å². The molecule has 1 heterocycles. The van der Waals surface area contributed by atoms with Crippen molar-refractivity contribution in [2.75, 3.05) is 27.3 Å². The third-order valence-corrected chi connectivity index (χ3v) is 3.25. The molecule has 1 atom stereocenters. The lowest BCUT2D eigenvalue weighted by Crippen LogP contribution is -2.12. The van der Waals surface area contributed by atoms with E-state index in [0.717, 1.165) is 31.5 Å². The molecule has 2 rings (SSSR count). The molecule has 1 aromatic carbocycles. The fourth-order valence-corrected chi connectivity index (χ4v) is 2.36. The van der Waals surface area contributed by atoms with Gasteiger partial charge in [0.25, 0.3) is 0 Å². The van der Waals surface area contributed by atoms with Gasteiger partial charge < -0.3 is 14.8 Å².